The number of methoxy groups -OCH3 is 1. The van der Waals surface area contributed by atoms with Crippen molar-refractivity contribution in [2.75, 3.05) is 43.2 Å². The fourth-order valence-corrected chi connectivity index (χ4v) is 7.75. The number of rotatable bonds is 15. The Morgan fingerprint density at radius 2 is 1.60 bits per heavy atom. The highest BCUT2D eigenvalue weighted by Gasteiger charge is 2.75. The standard InChI is InChI=1S/C37H47N3O7/c1-7-20-38(25-12-16-29(17-13-25)46-9-3)34(42)31-30-18-19-37(47-30)32(31)35(43)40(27(23-41)22-24(4)5)33(37)36(44)39(21-8-2)26-10-14-28(45-6)15-11-26/h7-8,10-17,24,27,30-33,41H,1-2,9,18-23H2,3-6H3/t27-,30-,31+,32+,33?,37?/m1/s1. The molecule has 3 heterocycles. The van der Waals surface area contributed by atoms with Gasteiger partial charge in [0.15, 0.2) is 0 Å². The summed E-state index contributed by atoms with van der Waals surface area (Å²) in [4.78, 5) is 48.9. The van der Waals surface area contributed by atoms with E-state index in [1.807, 2.05) is 45.0 Å². The highest BCUT2D eigenvalue weighted by atomic mass is 16.5. The molecule has 0 saturated carbocycles. The van der Waals surface area contributed by atoms with Crippen molar-refractivity contribution in [3.63, 3.8) is 0 Å². The number of nitrogens with zero attached hydrogens (tertiary/aromatic N) is 3. The molecule has 3 aliphatic heterocycles. The molecular weight excluding hydrogens is 598 g/mol. The molecule has 1 spiro atoms. The number of carbonyl (C=O) groups is 3. The van der Waals surface area contributed by atoms with Crippen LogP contribution in [0.15, 0.2) is 73.8 Å². The average Bonchev–Trinajstić information content (AvgIpc) is 3.72. The fraction of sp³-hybridized carbons (Fsp3) is 0.486. The summed E-state index contributed by atoms with van der Waals surface area (Å²) in [5.41, 5.74) is 0.0312. The van der Waals surface area contributed by atoms with Gasteiger partial charge in [0.05, 0.1) is 44.3 Å². The molecule has 3 saturated heterocycles. The first-order valence-corrected chi connectivity index (χ1v) is 16.5. The minimum absolute atomic E-state index is 0.136. The lowest BCUT2D eigenvalue weighted by Gasteiger charge is -2.39. The van der Waals surface area contributed by atoms with Crippen molar-refractivity contribution in [2.45, 2.75) is 63.8 Å². The molecule has 10 nitrogen and oxygen atoms in total. The molecule has 10 heteroatoms. The largest absolute Gasteiger partial charge is 0.497 e. The second kappa shape index (κ2) is 14.3. The molecule has 2 bridgehead atoms. The lowest BCUT2D eigenvalue weighted by atomic mass is 9.70. The summed E-state index contributed by atoms with van der Waals surface area (Å²) in [5.74, 6) is -1.15. The number of carbonyl (C=O) groups excluding carboxylic acids is 3. The predicted octanol–water partition coefficient (Wildman–Crippen LogP) is 4.61. The van der Waals surface area contributed by atoms with E-state index in [2.05, 4.69) is 13.2 Å². The van der Waals surface area contributed by atoms with Crippen molar-refractivity contribution in [1.82, 2.24) is 4.90 Å². The second-order valence-electron chi connectivity index (χ2n) is 12.9. The van der Waals surface area contributed by atoms with Gasteiger partial charge in [-0.2, -0.15) is 0 Å². The maximum atomic E-state index is 14.9. The molecule has 252 valence electrons. The molecule has 1 N–H and O–H groups in total. The van der Waals surface area contributed by atoms with Crippen LogP contribution in [0.3, 0.4) is 0 Å². The molecule has 0 radical (unpaired) electrons. The Bertz CT molecular complexity index is 1460. The van der Waals surface area contributed by atoms with E-state index in [4.69, 9.17) is 14.2 Å². The lowest BCUT2D eigenvalue weighted by Crippen LogP contribution is -2.59. The van der Waals surface area contributed by atoms with Crippen molar-refractivity contribution in [2.24, 2.45) is 17.8 Å². The number of hydrogen-bond donors (Lipinski definition) is 1. The number of anilines is 2. The molecule has 3 fully saturated rings. The average molecular weight is 646 g/mol. The number of aliphatic hydroxyl groups excluding tert-OH is 1. The van der Waals surface area contributed by atoms with Gasteiger partial charge in [0.25, 0.3) is 5.91 Å². The van der Waals surface area contributed by atoms with Gasteiger partial charge in [0.2, 0.25) is 11.8 Å². The van der Waals surface area contributed by atoms with Gasteiger partial charge < -0.3 is 34.0 Å². The number of likely N-dealkylation sites (tertiary alicyclic amines) is 1. The van der Waals surface area contributed by atoms with Gasteiger partial charge in [0, 0.05) is 24.5 Å². The highest BCUT2D eigenvalue weighted by molar-refractivity contribution is 6.06. The van der Waals surface area contributed by atoms with Crippen LogP contribution in [-0.2, 0) is 19.1 Å². The number of benzene rings is 2. The summed E-state index contributed by atoms with van der Waals surface area (Å²) in [6.07, 6.45) is 4.21. The quantitative estimate of drug-likeness (QED) is 0.282. The number of amides is 3. The maximum Gasteiger partial charge on any atom is 0.253 e. The summed E-state index contributed by atoms with van der Waals surface area (Å²) in [6.45, 7) is 14.3. The van der Waals surface area contributed by atoms with Crippen LogP contribution < -0.4 is 19.3 Å². The monoisotopic (exact) mass is 645 g/mol. The topological polar surface area (TPSA) is 109 Å². The molecule has 3 amide bonds. The Balaban J connectivity index is 1.57. The molecule has 47 heavy (non-hydrogen) atoms. The summed E-state index contributed by atoms with van der Waals surface area (Å²) >= 11 is 0. The highest BCUT2D eigenvalue weighted by Crippen LogP contribution is 2.59. The molecule has 0 aromatic heterocycles. The lowest BCUT2D eigenvalue weighted by molar-refractivity contribution is -0.144. The van der Waals surface area contributed by atoms with E-state index in [1.165, 1.54) is 0 Å². The van der Waals surface area contributed by atoms with Gasteiger partial charge in [-0.15, -0.1) is 13.2 Å². The normalized spacial score (nSPS) is 25.0. The number of fused-ring (bicyclic) bond motifs is 1. The Morgan fingerprint density at radius 1 is 1.02 bits per heavy atom. The van der Waals surface area contributed by atoms with Crippen LogP contribution in [0.5, 0.6) is 11.5 Å². The Hall–Kier alpha value is -4.15. The third-order valence-corrected chi connectivity index (χ3v) is 9.60. The predicted molar refractivity (Wildman–Crippen MR) is 180 cm³/mol. The summed E-state index contributed by atoms with van der Waals surface area (Å²) < 4.78 is 17.7. The van der Waals surface area contributed by atoms with Gasteiger partial charge >= 0.3 is 0 Å². The van der Waals surface area contributed by atoms with Gasteiger partial charge in [0.1, 0.15) is 23.1 Å². The minimum Gasteiger partial charge on any atom is -0.497 e. The van der Waals surface area contributed by atoms with E-state index < -0.39 is 35.6 Å². The SMILES string of the molecule is C=CCN(C(=O)C1N([C@@H](CO)CC(C)C)C(=O)[C@@H]2[C@@H](C(=O)N(CC=C)c3ccc(OCC)cc3)[C@H]3CCC12O3)c1ccc(OC)cc1. The van der Waals surface area contributed by atoms with E-state index in [0.29, 0.717) is 48.7 Å². The second-order valence-corrected chi connectivity index (χ2v) is 12.9. The zero-order chi connectivity index (χ0) is 33.9. The van der Waals surface area contributed by atoms with E-state index in [0.717, 1.165) is 0 Å². The number of hydrogen-bond acceptors (Lipinski definition) is 7. The zero-order valence-electron chi connectivity index (χ0n) is 27.8. The number of aliphatic hydroxyl groups is 1. The van der Waals surface area contributed by atoms with Crippen molar-refractivity contribution in [3.8, 4) is 11.5 Å². The van der Waals surface area contributed by atoms with Gasteiger partial charge in [-0.25, -0.2) is 0 Å². The summed E-state index contributed by atoms with van der Waals surface area (Å²) in [5, 5.41) is 10.7. The third kappa shape index (κ3) is 6.16. The van der Waals surface area contributed by atoms with Crippen LogP contribution >= 0.6 is 0 Å². The third-order valence-electron chi connectivity index (χ3n) is 9.60. The van der Waals surface area contributed by atoms with Gasteiger partial charge in [-0.1, -0.05) is 26.0 Å². The van der Waals surface area contributed by atoms with Crippen molar-refractivity contribution in [1.29, 1.82) is 0 Å². The van der Waals surface area contributed by atoms with Crippen LogP contribution in [-0.4, -0.2) is 84.9 Å². The molecule has 2 aromatic rings. The van der Waals surface area contributed by atoms with Gasteiger partial charge in [-0.3, -0.25) is 14.4 Å². The molecule has 0 aliphatic carbocycles. The first-order chi connectivity index (χ1) is 22.6. The smallest absolute Gasteiger partial charge is 0.253 e. The summed E-state index contributed by atoms with van der Waals surface area (Å²) in [7, 11) is 1.57. The first kappa shape index (κ1) is 34.2. The van der Waals surface area contributed by atoms with E-state index in [9.17, 15) is 19.5 Å². The van der Waals surface area contributed by atoms with Crippen LogP contribution in [0.1, 0.15) is 40.0 Å². The molecule has 5 rings (SSSR count). The fourth-order valence-electron chi connectivity index (χ4n) is 7.75. The van der Waals surface area contributed by atoms with Crippen LogP contribution in [0.2, 0.25) is 0 Å². The van der Waals surface area contributed by atoms with Crippen LogP contribution in [0.4, 0.5) is 11.4 Å². The van der Waals surface area contributed by atoms with E-state index in [1.54, 1.807) is 58.2 Å². The molecule has 2 unspecified atom stereocenters. The summed E-state index contributed by atoms with van der Waals surface area (Å²) in [6, 6.07) is 12.7. The van der Waals surface area contributed by atoms with E-state index in [-0.39, 0.29) is 43.3 Å². The van der Waals surface area contributed by atoms with Crippen molar-refractivity contribution < 1.29 is 33.7 Å². The first-order valence-electron chi connectivity index (χ1n) is 16.5. The van der Waals surface area contributed by atoms with Crippen LogP contribution in [0, 0.1) is 17.8 Å². The molecule has 6 atom stereocenters. The van der Waals surface area contributed by atoms with Crippen molar-refractivity contribution in [3.05, 3.63) is 73.8 Å². The number of ether oxygens (including phenoxy) is 3. The Labute approximate surface area is 277 Å². The Kier molecular flexibility index (Phi) is 10.4. The van der Waals surface area contributed by atoms with Crippen LogP contribution in [0.25, 0.3) is 0 Å². The molecule has 2 aromatic carbocycles. The Morgan fingerprint density at radius 3 is 2.11 bits per heavy atom. The molecule has 3 aliphatic rings. The van der Waals surface area contributed by atoms with E-state index >= 15 is 0 Å². The van der Waals surface area contributed by atoms with Crippen molar-refractivity contribution >= 4 is 29.1 Å². The zero-order valence-corrected chi connectivity index (χ0v) is 27.8. The maximum absolute atomic E-state index is 14.9. The minimum atomic E-state index is -1.23. The van der Waals surface area contributed by atoms with Gasteiger partial charge in [-0.05, 0) is 80.6 Å². The molecular formula is C37H47N3O7.